The monoisotopic (exact) mass is 282 g/mol. The Balaban J connectivity index is 2.69. The minimum atomic E-state index is -0.478. The van der Waals surface area contributed by atoms with Crippen molar-refractivity contribution < 1.29 is 13.9 Å². The van der Waals surface area contributed by atoms with Crippen molar-refractivity contribution in [2.75, 3.05) is 20.7 Å². The minimum Gasteiger partial charge on any atom is -0.494 e. The van der Waals surface area contributed by atoms with E-state index in [1.165, 1.54) is 25.3 Å². The molecular weight excluding hydrogens is 259 g/mol. The Morgan fingerprint density at radius 2 is 2.10 bits per heavy atom. The summed E-state index contributed by atoms with van der Waals surface area (Å²) in [5, 5.41) is 0. The summed E-state index contributed by atoms with van der Waals surface area (Å²) in [5.41, 5.74) is 6.37. The number of hydrogen-bond donors (Lipinski definition) is 1. The van der Waals surface area contributed by atoms with Crippen molar-refractivity contribution in [1.29, 1.82) is 0 Å². The lowest BCUT2D eigenvalue weighted by atomic mass is 10.0. The van der Waals surface area contributed by atoms with Crippen LogP contribution < -0.4 is 10.5 Å². The molecule has 112 valence electrons. The molecule has 0 aliphatic rings. The maximum atomic E-state index is 13.3. The number of hydrogen-bond acceptors (Lipinski definition) is 3. The fraction of sp³-hybridized carbons (Fsp3) is 0.533. The van der Waals surface area contributed by atoms with Crippen molar-refractivity contribution in [3.8, 4) is 5.75 Å². The molecule has 0 fully saturated rings. The van der Waals surface area contributed by atoms with Gasteiger partial charge in [0, 0.05) is 25.2 Å². The van der Waals surface area contributed by atoms with Gasteiger partial charge in [0.05, 0.1) is 7.11 Å². The van der Waals surface area contributed by atoms with E-state index in [-0.39, 0.29) is 17.7 Å². The summed E-state index contributed by atoms with van der Waals surface area (Å²) in [6.07, 6.45) is 0.734. The van der Waals surface area contributed by atoms with Gasteiger partial charge in [-0.3, -0.25) is 4.79 Å². The Morgan fingerprint density at radius 1 is 1.45 bits per heavy atom. The van der Waals surface area contributed by atoms with E-state index in [9.17, 15) is 9.18 Å². The van der Waals surface area contributed by atoms with E-state index in [4.69, 9.17) is 10.5 Å². The first-order valence-corrected chi connectivity index (χ1v) is 6.71. The smallest absolute Gasteiger partial charge is 0.253 e. The molecule has 0 aliphatic heterocycles. The highest BCUT2D eigenvalue weighted by molar-refractivity contribution is 5.94. The second-order valence-electron chi connectivity index (χ2n) is 5.27. The first-order valence-electron chi connectivity index (χ1n) is 6.71. The molecule has 4 nitrogen and oxygen atoms in total. The van der Waals surface area contributed by atoms with Crippen LogP contribution >= 0.6 is 0 Å². The lowest BCUT2D eigenvalue weighted by Gasteiger charge is -2.21. The van der Waals surface area contributed by atoms with E-state index in [2.05, 4.69) is 13.8 Å². The van der Waals surface area contributed by atoms with Crippen LogP contribution in [-0.2, 0) is 0 Å². The number of benzene rings is 1. The molecule has 0 radical (unpaired) electrons. The zero-order chi connectivity index (χ0) is 15.3. The number of carbonyl (C=O) groups excluding carboxylic acids is 1. The Hall–Kier alpha value is -1.62. The number of rotatable bonds is 6. The fourth-order valence-corrected chi connectivity index (χ4v) is 1.79. The van der Waals surface area contributed by atoms with Gasteiger partial charge in [0.2, 0.25) is 0 Å². The zero-order valence-electron chi connectivity index (χ0n) is 12.5. The lowest BCUT2D eigenvalue weighted by molar-refractivity contribution is 0.0788. The van der Waals surface area contributed by atoms with E-state index in [0.717, 1.165) is 6.42 Å². The van der Waals surface area contributed by atoms with Gasteiger partial charge in [-0.2, -0.15) is 0 Å². The molecule has 0 spiro atoms. The lowest BCUT2D eigenvalue weighted by Crippen LogP contribution is -2.34. The van der Waals surface area contributed by atoms with Gasteiger partial charge in [-0.1, -0.05) is 13.8 Å². The first-order chi connectivity index (χ1) is 9.36. The molecule has 1 amide bonds. The first kappa shape index (κ1) is 16.4. The minimum absolute atomic E-state index is 0.0630. The third-order valence-electron chi connectivity index (χ3n) is 3.40. The molecule has 1 aromatic carbocycles. The molecule has 0 aromatic heterocycles. The average Bonchev–Trinajstić information content (AvgIpc) is 2.43. The summed E-state index contributed by atoms with van der Waals surface area (Å²) in [7, 11) is 3.09. The predicted octanol–water partition coefficient (Wildman–Crippen LogP) is 2.28. The van der Waals surface area contributed by atoms with Gasteiger partial charge < -0.3 is 15.4 Å². The van der Waals surface area contributed by atoms with Gasteiger partial charge in [-0.25, -0.2) is 4.39 Å². The summed E-state index contributed by atoms with van der Waals surface area (Å²) < 4.78 is 18.2. The van der Waals surface area contributed by atoms with Crippen molar-refractivity contribution in [3.05, 3.63) is 29.6 Å². The zero-order valence-corrected chi connectivity index (χ0v) is 12.5. The normalized spacial score (nSPS) is 12.3. The van der Waals surface area contributed by atoms with Gasteiger partial charge >= 0.3 is 0 Å². The number of nitrogens with two attached hydrogens (primary N) is 1. The molecule has 1 unspecified atom stereocenters. The molecular formula is C15H23FN2O2. The number of halogens is 1. The van der Waals surface area contributed by atoms with Crippen molar-refractivity contribution in [2.24, 2.45) is 11.7 Å². The quantitative estimate of drug-likeness (QED) is 0.871. The van der Waals surface area contributed by atoms with Crippen LogP contribution in [0.2, 0.25) is 0 Å². The van der Waals surface area contributed by atoms with E-state index in [1.54, 1.807) is 11.9 Å². The largest absolute Gasteiger partial charge is 0.494 e. The van der Waals surface area contributed by atoms with E-state index >= 15 is 0 Å². The Labute approximate surface area is 119 Å². The molecule has 0 bridgehead atoms. The van der Waals surface area contributed by atoms with Crippen LogP contribution in [0.4, 0.5) is 4.39 Å². The summed E-state index contributed by atoms with van der Waals surface area (Å²) in [4.78, 5) is 13.8. The van der Waals surface area contributed by atoms with Crippen LogP contribution in [0.25, 0.3) is 0 Å². The number of carbonyl (C=O) groups is 1. The third-order valence-corrected chi connectivity index (χ3v) is 3.40. The van der Waals surface area contributed by atoms with Crippen molar-refractivity contribution in [3.63, 3.8) is 0 Å². The second kappa shape index (κ2) is 7.24. The van der Waals surface area contributed by atoms with Crippen molar-refractivity contribution in [1.82, 2.24) is 4.90 Å². The Morgan fingerprint density at radius 3 is 2.65 bits per heavy atom. The molecule has 5 heteroatoms. The van der Waals surface area contributed by atoms with Crippen LogP contribution in [0.15, 0.2) is 18.2 Å². The predicted molar refractivity (Wildman–Crippen MR) is 77.3 cm³/mol. The van der Waals surface area contributed by atoms with Gasteiger partial charge in [0.25, 0.3) is 5.91 Å². The highest BCUT2D eigenvalue weighted by Crippen LogP contribution is 2.19. The molecule has 20 heavy (non-hydrogen) atoms. The van der Waals surface area contributed by atoms with E-state index in [1.807, 2.05) is 0 Å². The number of ether oxygens (including phenoxy) is 1. The average molecular weight is 282 g/mol. The molecule has 0 saturated carbocycles. The highest BCUT2D eigenvalue weighted by Gasteiger charge is 2.16. The molecule has 0 aliphatic carbocycles. The SMILES string of the molecule is COc1cc(C(=O)N(C)CCC(N)C(C)C)ccc1F. The highest BCUT2D eigenvalue weighted by atomic mass is 19.1. The van der Waals surface area contributed by atoms with Crippen LogP contribution in [0.3, 0.4) is 0 Å². The fourth-order valence-electron chi connectivity index (χ4n) is 1.79. The van der Waals surface area contributed by atoms with E-state index < -0.39 is 5.82 Å². The van der Waals surface area contributed by atoms with E-state index in [0.29, 0.717) is 18.0 Å². The summed E-state index contributed by atoms with van der Waals surface area (Å²) in [5.74, 6) is -0.194. The standard InChI is InChI=1S/C15H23FN2O2/c1-10(2)13(17)7-8-18(3)15(19)11-5-6-12(16)14(9-11)20-4/h5-6,9-10,13H,7-8,17H2,1-4H3. The number of nitrogens with zero attached hydrogens (tertiary/aromatic N) is 1. The molecule has 0 heterocycles. The van der Waals surface area contributed by atoms with Crippen LogP contribution in [-0.4, -0.2) is 37.6 Å². The topological polar surface area (TPSA) is 55.6 Å². The maximum Gasteiger partial charge on any atom is 0.253 e. The summed E-state index contributed by atoms with van der Waals surface area (Å²) in [6.45, 7) is 4.67. The maximum absolute atomic E-state index is 13.3. The number of amides is 1. The van der Waals surface area contributed by atoms with Crippen LogP contribution in [0.5, 0.6) is 5.75 Å². The van der Waals surface area contributed by atoms with Gasteiger partial charge in [0.15, 0.2) is 11.6 Å². The third kappa shape index (κ3) is 4.20. The van der Waals surface area contributed by atoms with Gasteiger partial charge in [0.1, 0.15) is 0 Å². The van der Waals surface area contributed by atoms with Crippen molar-refractivity contribution in [2.45, 2.75) is 26.3 Å². The molecule has 1 aromatic rings. The van der Waals surface area contributed by atoms with Gasteiger partial charge in [-0.15, -0.1) is 0 Å². The van der Waals surface area contributed by atoms with Crippen molar-refractivity contribution >= 4 is 5.91 Å². The summed E-state index contributed by atoms with van der Waals surface area (Å²) in [6, 6.07) is 4.17. The Kier molecular flexibility index (Phi) is 5.95. The Bertz CT molecular complexity index is 463. The van der Waals surface area contributed by atoms with Crippen LogP contribution in [0, 0.1) is 11.7 Å². The second-order valence-corrected chi connectivity index (χ2v) is 5.27. The number of methoxy groups -OCH3 is 1. The summed E-state index contributed by atoms with van der Waals surface area (Å²) >= 11 is 0. The van der Waals surface area contributed by atoms with Crippen LogP contribution in [0.1, 0.15) is 30.6 Å². The molecule has 0 saturated heterocycles. The molecule has 2 N–H and O–H groups in total. The molecule has 1 rings (SSSR count). The van der Waals surface area contributed by atoms with Gasteiger partial charge in [-0.05, 0) is 30.5 Å². The molecule has 1 atom stereocenters.